The molecule has 0 radical (unpaired) electrons. The number of hydrogen-bond acceptors (Lipinski definition) is 5. The molecule has 1 aliphatic heterocycles. The number of anilines is 1. The number of rotatable bonds is 5. The molecule has 1 heterocycles. The molecule has 0 bridgehead atoms. The van der Waals surface area contributed by atoms with Crippen molar-refractivity contribution in [3.05, 3.63) is 100 Å². The van der Waals surface area contributed by atoms with E-state index in [1.54, 1.807) is 61.5 Å². The van der Waals surface area contributed by atoms with E-state index in [2.05, 4.69) is 10.3 Å². The summed E-state index contributed by atoms with van der Waals surface area (Å²) in [6, 6.07) is 18.2. The topological polar surface area (TPSA) is 88.1 Å². The summed E-state index contributed by atoms with van der Waals surface area (Å²) in [6.07, 6.45) is 0. The molecule has 0 fully saturated rings. The quantitative estimate of drug-likeness (QED) is 0.536. The second kappa shape index (κ2) is 10.5. The highest BCUT2D eigenvalue weighted by atomic mass is 35.5. The van der Waals surface area contributed by atoms with E-state index in [1.807, 2.05) is 0 Å². The lowest BCUT2D eigenvalue weighted by Gasteiger charge is -2.23. The van der Waals surface area contributed by atoms with E-state index in [1.165, 1.54) is 23.1 Å². The molecule has 4 rings (SSSR count). The Morgan fingerprint density at radius 3 is 2.40 bits per heavy atom. The second-order valence-corrected chi connectivity index (χ2v) is 8.00. The predicted octanol–water partition coefficient (Wildman–Crippen LogP) is 4.31. The van der Waals surface area contributed by atoms with Crippen LogP contribution in [-0.4, -0.2) is 36.8 Å². The van der Waals surface area contributed by atoms with Crippen molar-refractivity contribution in [2.75, 3.05) is 18.1 Å². The van der Waals surface area contributed by atoms with E-state index >= 15 is 0 Å². The molecule has 0 spiro atoms. The number of amidine groups is 1. The van der Waals surface area contributed by atoms with Crippen LogP contribution in [-0.2, 0) is 14.3 Å². The van der Waals surface area contributed by atoms with Crippen molar-refractivity contribution in [1.29, 1.82) is 0 Å². The molecule has 1 aliphatic rings. The van der Waals surface area contributed by atoms with Crippen LogP contribution in [0.3, 0.4) is 0 Å². The van der Waals surface area contributed by atoms with Gasteiger partial charge in [-0.15, -0.1) is 0 Å². The molecule has 3 aromatic rings. The van der Waals surface area contributed by atoms with Gasteiger partial charge in [-0.3, -0.25) is 24.3 Å². The first-order chi connectivity index (χ1) is 16.9. The van der Waals surface area contributed by atoms with E-state index in [0.717, 1.165) is 0 Å². The maximum atomic E-state index is 14.9. The number of hydrogen-bond donors (Lipinski definition) is 1. The number of nitrogens with one attached hydrogen (secondary N) is 1. The van der Waals surface area contributed by atoms with Crippen LogP contribution in [0.4, 0.5) is 10.1 Å². The van der Waals surface area contributed by atoms with Crippen molar-refractivity contribution < 1.29 is 23.5 Å². The molecular weight excluding hydrogens is 473 g/mol. The van der Waals surface area contributed by atoms with E-state index in [-0.39, 0.29) is 28.6 Å². The molecule has 1 atom stereocenters. The molecule has 0 saturated heterocycles. The summed E-state index contributed by atoms with van der Waals surface area (Å²) in [6.45, 7) is 1.36. The van der Waals surface area contributed by atoms with Crippen molar-refractivity contribution in [1.82, 2.24) is 5.32 Å². The minimum absolute atomic E-state index is 0.130. The van der Waals surface area contributed by atoms with Gasteiger partial charge in [-0.1, -0.05) is 60.1 Å². The number of fused-ring (bicyclic) bond motifs is 1. The molecule has 0 aliphatic carbocycles. The number of ether oxygens (including phenoxy) is 1. The van der Waals surface area contributed by atoms with E-state index in [4.69, 9.17) is 16.3 Å². The molecule has 35 heavy (non-hydrogen) atoms. The lowest BCUT2D eigenvalue weighted by atomic mass is 9.97. The van der Waals surface area contributed by atoms with Gasteiger partial charge in [0.25, 0.3) is 11.8 Å². The maximum Gasteiger partial charge on any atom is 0.326 e. The number of para-hydroxylation sites is 1. The first-order valence-corrected chi connectivity index (χ1v) is 11.2. The predicted molar refractivity (Wildman–Crippen MR) is 130 cm³/mol. The van der Waals surface area contributed by atoms with Gasteiger partial charge in [0.05, 0.1) is 22.9 Å². The molecular formula is C26H21ClFN3O4. The number of nitrogens with zero attached hydrogens (tertiary/aromatic N) is 2. The number of halogens is 2. The molecule has 1 unspecified atom stereocenters. The smallest absolute Gasteiger partial charge is 0.326 e. The van der Waals surface area contributed by atoms with Crippen molar-refractivity contribution in [2.24, 2.45) is 4.99 Å². The number of benzene rings is 3. The Balaban J connectivity index is 1.84. The third-order valence-corrected chi connectivity index (χ3v) is 5.70. The monoisotopic (exact) mass is 493 g/mol. The van der Waals surface area contributed by atoms with Crippen molar-refractivity contribution >= 4 is 40.9 Å². The minimum Gasteiger partial charge on any atom is -0.465 e. The molecule has 7 nitrogen and oxygen atoms in total. The van der Waals surface area contributed by atoms with E-state index < -0.39 is 36.2 Å². The van der Waals surface area contributed by atoms with Crippen LogP contribution < -0.4 is 10.2 Å². The Morgan fingerprint density at radius 2 is 1.69 bits per heavy atom. The van der Waals surface area contributed by atoms with Crippen LogP contribution in [0.25, 0.3) is 0 Å². The van der Waals surface area contributed by atoms with Gasteiger partial charge < -0.3 is 10.1 Å². The lowest BCUT2D eigenvalue weighted by Crippen LogP contribution is -2.47. The van der Waals surface area contributed by atoms with Gasteiger partial charge in [0.15, 0.2) is 5.84 Å². The zero-order valence-electron chi connectivity index (χ0n) is 18.7. The first kappa shape index (κ1) is 24.1. The normalized spacial score (nSPS) is 15.1. The number of amides is 2. The summed E-state index contributed by atoms with van der Waals surface area (Å²) >= 11 is 6.15. The average Bonchev–Trinajstić information content (AvgIpc) is 2.95. The number of carbonyl (C=O) groups is 3. The Kier molecular flexibility index (Phi) is 7.22. The summed E-state index contributed by atoms with van der Waals surface area (Å²) in [5.41, 5.74) is 1.17. The van der Waals surface area contributed by atoms with Crippen LogP contribution in [0.5, 0.6) is 0 Å². The van der Waals surface area contributed by atoms with Crippen LogP contribution in [0, 0.1) is 5.82 Å². The average molecular weight is 494 g/mol. The molecule has 0 saturated carbocycles. The Bertz CT molecular complexity index is 1330. The highest BCUT2D eigenvalue weighted by Crippen LogP contribution is 2.37. The molecule has 1 N–H and O–H groups in total. The summed E-state index contributed by atoms with van der Waals surface area (Å²) in [7, 11) is 0. The third-order valence-electron chi connectivity index (χ3n) is 5.37. The summed E-state index contributed by atoms with van der Waals surface area (Å²) in [5.74, 6) is -2.94. The van der Waals surface area contributed by atoms with Crippen molar-refractivity contribution in [2.45, 2.75) is 13.0 Å². The minimum atomic E-state index is -0.968. The first-order valence-electron chi connectivity index (χ1n) is 10.8. The van der Waals surface area contributed by atoms with Gasteiger partial charge in [0.1, 0.15) is 18.4 Å². The molecule has 178 valence electrons. The van der Waals surface area contributed by atoms with Crippen molar-refractivity contribution in [3.63, 3.8) is 0 Å². The highest BCUT2D eigenvalue weighted by molar-refractivity contribution is 6.46. The number of carbonyl (C=O) groups excluding carboxylic acids is 3. The third kappa shape index (κ3) is 5.07. The summed E-state index contributed by atoms with van der Waals surface area (Å²) in [4.78, 5) is 44.6. The fourth-order valence-corrected chi connectivity index (χ4v) is 4.01. The zero-order chi connectivity index (χ0) is 24.9. The van der Waals surface area contributed by atoms with Crippen LogP contribution in [0.15, 0.2) is 77.8 Å². The molecule has 0 aromatic heterocycles. The summed E-state index contributed by atoms with van der Waals surface area (Å²) in [5, 5.41) is 2.70. The Labute approximate surface area is 206 Å². The standard InChI is InChI=1S/C26H21ClFN3O4/c1-2-35-22(32)15-31-21-14-8-5-11-18(21)23(17-10-4-7-13-20(17)28)29-24(26(31)34)30-25(33)16-9-3-6-12-19(16)27/h3-14,23H,2,15H2,1H3,(H,29,30,33). The Hall–Kier alpha value is -4.04. The lowest BCUT2D eigenvalue weighted by molar-refractivity contribution is -0.142. The fourth-order valence-electron chi connectivity index (χ4n) is 3.79. The highest BCUT2D eigenvalue weighted by Gasteiger charge is 2.34. The largest absolute Gasteiger partial charge is 0.465 e. The van der Waals surface area contributed by atoms with Crippen molar-refractivity contribution in [3.8, 4) is 0 Å². The fraction of sp³-hybridized carbons (Fsp3) is 0.154. The van der Waals surface area contributed by atoms with Gasteiger partial charge >= 0.3 is 5.97 Å². The molecule has 3 aromatic carbocycles. The molecule has 9 heteroatoms. The van der Waals surface area contributed by atoms with Gasteiger partial charge in [0.2, 0.25) is 0 Å². The van der Waals surface area contributed by atoms with E-state index in [9.17, 15) is 18.8 Å². The van der Waals surface area contributed by atoms with Gasteiger partial charge in [0, 0.05) is 11.1 Å². The summed E-state index contributed by atoms with van der Waals surface area (Å²) < 4.78 is 19.9. The van der Waals surface area contributed by atoms with E-state index in [0.29, 0.717) is 11.3 Å². The second-order valence-electron chi connectivity index (χ2n) is 7.59. The SMILES string of the molecule is CCOC(=O)CN1C(=O)C(NC(=O)c2ccccc2Cl)=NC(c2ccccc2F)c2ccccc21. The zero-order valence-corrected chi connectivity index (χ0v) is 19.5. The van der Waals surface area contributed by atoms with Crippen LogP contribution in [0.2, 0.25) is 5.02 Å². The van der Waals surface area contributed by atoms with Gasteiger partial charge in [-0.05, 0) is 31.2 Å². The van der Waals surface area contributed by atoms with Gasteiger partial charge in [-0.2, -0.15) is 0 Å². The molecule has 2 amide bonds. The van der Waals surface area contributed by atoms with Crippen LogP contribution in [0.1, 0.15) is 34.5 Å². The number of esters is 1. The Morgan fingerprint density at radius 1 is 1.03 bits per heavy atom. The van der Waals surface area contributed by atoms with Crippen LogP contribution >= 0.6 is 11.6 Å². The van der Waals surface area contributed by atoms with Gasteiger partial charge in [-0.25, -0.2) is 4.39 Å². The number of aliphatic imine (C=N–C) groups is 1. The maximum absolute atomic E-state index is 14.9.